The number of halogens is 2. The van der Waals surface area contributed by atoms with E-state index in [2.05, 4.69) is 36.5 Å². The van der Waals surface area contributed by atoms with Gasteiger partial charge < -0.3 is 10.6 Å². The van der Waals surface area contributed by atoms with Crippen LogP contribution in [0, 0.1) is 10.1 Å². The number of nitrogens with one attached hydrogen (secondary N) is 2. The smallest absolute Gasteiger partial charge is 0.329 e. The minimum absolute atomic E-state index is 0.106. The van der Waals surface area contributed by atoms with Crippen molar-refractivity contribution in [1.82, 2.24) is 9.97 Å². The first kappa shape index (κ1) is 15.5. The second kappa shape index (κ2) is 6.68. The summed E-state index contributed by atoms with van der Waals surface area (Å²) < 4.78 is 0.674. The fourth-order valence-electron chi connectivity index (χ4n) is 1.56. The van der Waals surface area contributed by atoms with Gasteiger partial charge in [0.1, 0.15) is 6.20 Å². The number of hydrogen-bond donors (Lipinski definition) is 2. The third-order valence-corrected chi connectivity index (χ3v) is 3.38. The van der Waals surface area contributed by atoms with Crippen molar-refractivity contribution in [2.45, 2.75) is 6.92 Å². The number of aromatic nitrogens is 2. The lowest BCUT2D eigenvalue weighted by Gasteiger charge is -2.09. The minimum Gasteiger partial charge on any atom is -0.354 e. The van der Waals surface area contributed by atoms with Crippen LogP contribution in [-0.2, 0) is 0 Å². The molecule has 0 saturated carbocycles. The number of rotatable bonds is 5. The third kappa shape index (κ3) is 3.79. The van der Waals surface area contributed by atoms with Gasteiger partial charge in [0.2, 0.25) is 11.8 Å². The standard InChI is InChI=1S/C12H11BrClN5O2/c1-2-15-12-16-6-10(19(20)21)11(18-12)17-9-4-3-7(14)5-8(9)13/h3-6H,2H2,1H3,(H2,15,16,17,18). The summed E-state index contributed by atoms with van der Waals surface area (Å²) >= 11 is 9.21. The van der Waals surface area contributed by atoms with Crippen molar-refractivity contribution in [3.05, 3.63) is 44.0 Å². The Morgan fingerprint density at radius 1 is 1.48 bits per heavy atom. The maximum atomic E-state index is 11.1. The normalized spacial score (nSPS) is 10.2. The zero-order valence-corrected chi connectivity index (χ0v) is 13.3. The van der Waals surface area contributed by atoms with Crippen LogP contribution in [0.1, 0.15) is 6.92 Å². The molecule has 0 amide bonds. The molecule has 0 radical (unpaired) electrons. The lowest BCUT2D eigenvalue weighted by atomic mass is 10.3. The Kier molecular flexibility index (Phi) is 4.92. The molecule has 0 aliphatic heterocycles. The van der Waals surface area contributed by atoms with E-state index in [0.717, 1.165) is 6.20 Å². The first-order valence-electron chi connectivity index (χ1n) is 5.98. The van der Waals surface area contributed by atoms with Gasteiger partial charge in [0.05, 0.1) is 10.6 Å². The molecule has 0 fully saturated rings. The molecule has 7 nitrogen and oxygen atoms in total. The van der Waals surface area contributed by atoms with Crippen molar-refractivity contribution in [2.75, 3.05) is 17.2 Å². The van der Waals surface area contributed by atoms with Gasteiger partial charge in [-0.2, -0.15) is 4.98 Å². The second-order valence-corrected chi connectivity index (χ2v) is 5.25. The molecule has 2 rings (SSSR count). The average molecular weight is 373 g/mol. The quantitative estimate of drug-likeness (QED) is 0.609. The summed E-state index contributed by atoms with van der Waals surface area (Å²) in [5.41, 5.74) is 0.405. The number of nitro groups is 1. The number of anilines is 3. The van der Waals surface area contributed by atoms with E-state index in [0.29, 0.717) is 27.7 Å². The van der Waals surface area contributed by atoms with Crippen LogP contribution in [0.25, 0.3) is 0 Å². The van der Waals surface area contributed by atoms with Crippen LogP contribution < -0.4 is 10.6 Å². The van der Waals surface area contributed by atoms with Gasteiger partial charge in [0.25, 0.3) is 0 Å². The van der Waals surface area contributed by atoms with Crippen molar-refractivity contribution in [2.24, 2.45) is 0 Å². The largest absolute Gasteiger partial charge is 0.354 e. The molecule has 1 aromatic heterocycles. The number of benzene rings is 1. The van der Waals surface area contributed by atoms with Gasteiger partial charge in [-0.3, -0.25) is 10.1 Å². The molecular weight excluding hydrogens is 362 g/mol. The zero-order chi connectivity index (χ0) is 15.4. The molecule has 0 aliphatic carbocycles. The zero-order valence-electron chi connectivity index (χ0n) is 10.9. The summed E-state index contributed by atoms with van der Waals surface area (Å²) in [5, 5.41) is 17.4. The molecule has 110 valence electrons. The monoisotopic (exact) mass is 371 g/mol. The fourth-order valence-corrected chi connectivity index (χ4v) is 2.34. The van der Waals surface area contributed by atoms with Gasteiger partial charge >= 0.3 is 5.69 Å². The van der Waals surface area contributed by atoms with E-state index in [-0.39, 0.29) is 11.5 Å². The van der Waals surface area contributed by atoms with Gasteiger partial charge in [-0.15, -0.1) is 0 Å². The van der Waals surface area contributed by atoms with Gasteiger partial charge in [-0.25, -0.2) is 4.98 Å². The summed E-state index contributed by atoms with van der Waals surface area (Å²) in [5.74, 6) is 0.421. The molecule has 1 aromatic carbocycles. The van der Waals surface area contributed by atoms with E-state index >= 15 is 0 Å². The third-order valence-electron chi connectivity index (χ3n) is 2.49. The summed E-state index contributed by atoms with van der Waals surface area (Å²) in [4.78, 5) is 18.5. The second-order valence-electron chi connectivity index (χ2n) is 3.96. The van der Waals surface area contributed by atoms with E-state index in [1.165, 1.54) is 0 Å². The number of hydrogen-bond acceptors (Lipinski definition) is 6. The molecule has 0 unspecified atom stereocenters. The lowest BCUT2D eigenvalue weighted by Crippen LogP contribution is -2.06. The van der Waals surface area contributed by atoms with Gasteiger partial charge in [-0.1, -0.05) is 11.6 Å². The predicted octanol–water partition coefficient (Wildman–Crippen LogP) is 3.98. The first-order valence-corrected chi connectivity index (χ1v) is 7.15. The van der Waals surface area contributed by atoms with Gasteiger partial charge in [-0.05, 0) is 41.1 Å². The van der Waals surface area contributed by atoms with Crippen LogP contribution in [0.3, 0.4) is 0 Å². The van der Waals surface area contributed by atoms with Crippen LogP contribution in [0.4, 0.5) is 23.1 Å². The van der Waals surface area contributed by atoms with Crippen molar-refractivity contribution >= 4 is 50.7 Å². The maximum absolute atomic E-state index is 11.1. The Morgan fingerprint density at radius 2 is 2.24 bits per heavy atom. The molecule has 0 aliphatic rings. The van der Waals surface area contributed by atoms with E-state index in [1.807, 2.05) is 6.92 Å². The summed E-state index contributed by atoms with van der Waals surface area (Å²) in [6.45, 7) is 2.50. The molecule has 0 atom stereocenters. The summed E-state index contributed by atoms with van der Waals surface area (Å²) in [6, 6.07) is 5.06. The Labute approximate surface area is 134 Å². The highest BCUT2D eigenvalue weighted by molar-refractivity contribution is 9.10. The maximum Gasteiger partial charge on any atom is 0.329 e. The van der Waals surface area contributed by atoms with Gasteiger partial charge in [0.15, 0.2) is 0 Å². The van der Waals surface area contributed by atoms with Crippen molar-refractivity contribution < 1.29 is 4.92 Å². The van der Waals surface area contributed by atoms with Gasteiger partial charge in [0, 0.05) is 16.0 Å². The molecule has 9 heteroatoms. The van der Waals surface area contributed by atoms with Crippen LogP contribution in [0.5, 0.6) is 0 Å². The Hall–Kier alpha value is -1.93. The van der Waals surface area contributed by atoms with E-state index in [1.54, 1.807) is 18.2 Å². The Balaban J connectivity index is 2.40. The van der Waals surface area contributed by atoms with E-state index in [9.17, 15) is 10.1 Å². The Bertz CT molecular complexity index is 683. The fraction of sp³-hybridized carbons (Fsp3) is 0.167. The van der Waals surface area contributed by atoms with E-state index in [4.69, 9.17) is 11.6 Å². The highest BCUT2D eigenvalue weighted by Gasteiger charge is 2.18. The molecule has 0 bridgehead atoms. The lowest BCUT2D eigenvalue weighted by molar-refractivity contribution is -0.384. The summed E-state index contributed by atoms with van der Waals surface area (Å²) in [7, 11) is 0. The first-order chi connectivity index (χ1) is 10.0. The topological polar surface area (TPSA) is 93.0 Å². The molecule has 2 aromatic rings. The molecule has 1 heterocycles. The molecule has 0 spiro atoms. The minimum atomic E-state index is -0.540. The van der Waals surface area contributed by atoms with Crippen LogP contribution in [0.15, 0.2) is 28.9 Å². The number of nitrogens with zero attached hydrogens (tertiary/aromatic N) is 3. The average Bonchev–Trinajstić information content (AvgIpc) is 2.42. The molecule has 2 N–H and O–H groups in total. The Morgan fingerprint density at radius 3 is 2.86 bits per heavy atom. The molecule has 21 heavy (non-hydrogen) atoms. The van der Waals surface area contributed by atoms with Crippen molar-refractivity contribution in [3.8, 4) is 0 Å². The van der Waals surface area contributed by atoms with Crippen molar-refractivity contribution in [1.29, 1.82) is 0 Å². The van der Waals surface area contributed by atoms with Crippen LogP contribution in [0.2, 0.25) is 5.02 Å². The molecule has 0 saturated heterocycles. The van der Waals surface area contributed by atoms with Crippen LogP contribution in [-0.4, -0.2) is 21.4 Å². The van der Waals surface area contributed by atoms with E-state index < -0.39 is 4.92 Å². The molecular formula is C12H11BrClN5O2. The predicted molar refractivity (Wildman–Crippen MR) is 85.3 cm³/mol. The highest BCUT2D eigenvalue weighted by atomic mass is 79.9. The summed E-state index contributed by atoms with van der Waals surface area (Å²) in [6.07, 6.45) is 1.16. The van der Waals surface area contributed by atoms with Crippen LogP contribution >= 0.6 is 27.5 Å². The highest BCUT2D eigenvalue weighted by Crippen LogP contribution is 2.31. The SMILES string of the molecule is CCNc1ncc([N+](=O)[O-])c(Nc2ccc(Cl)cc2Br)n1. The van der Waals surface area contributed by atoms with Crippen molar-refractivity contribution in [3.63, 3.8) is 0 Å².